The Bertz CT molecular complexity index is 175. The Hall–Kier alpha value is 0.0200. The van der Waals surface area contributed by atoms with Crippen molar-refractivity contribution in [1.82, 2.24) is 0 Å². The smallest absolute Gasteiger partial charge is 0.132 e. The van der Waals surface area contributed by atoms with Crippen LogP contribution in [0.15, 0.2) is 0 Å². The van der Waals surface area contributed by atoms with Crippen LogP contribution >= 0.6 is 11.8 Å². The van der Waals surface area contributed by atoms with Crippen LogP contribution < -0.4 is 0 Å². The Morgan fingerprint density at radius 3 is 2.08 bits per heavy atom. The van der Waals surface area contributed by atoms with Gasteiger partial charge in [0.1, 0.15) is 5.78 Å². The van der Waals surface area contributed by atoms with Crippen molar-refractivity contribution in [1.29, 1.82) is 0 Å². The standard InChI is InChI=1S/C11H18OS/c12-9-5-7-11(8-6-9)13-10-3-1-2-4-10/h10-11H,1-8H2. The van der Waals surface area contributed by atoms with E-state index in [2.05, 4.69) is 11.8 Å². The number of Topliss-reactive ketones (excluding diaryl/α,β-unsaturated/α-hetero) is 1. The van der Waals surface area contributed by atoms with E-state index in [9.17, 15) is 4.79 Å². The van der Waals surface area contributed by atoms with E-state index in [4.69, 9.17) is 0 Å². The van der Waals surface area contributed by atoms with E-state index in [1.165, 1.54) is 25.7 Å². The van der Waals surface area contributed by atoms with Gasteiger partial charge in [0.25, 0.3) is 0 Å². The van der Waals surface area contributed by atoms with Crippen LogP contribution in [0, 0.1) is 0 Å². The molecule has 2 saturated carbocycles. The van der Waals surface area contributed by atoms with Gasteiger partial charge in [-0.1, -0.05) is 12.8 Å². The highest BCUT2D eigenvalue weighted by atomic mass is 32.2. The van der Waals surface area contributed by atoms with E-state index in [0.717, 1.165) is 36.2 Å². The zero-order valence-corrected chi connectivity index (χ0v) is 8.94. The topological polar surface area (TPSA) is 17.1 Å². The fourth-order valence-corrected chi connectivity index (χ4v) is 4.00. The van der Waals surface area contributed by atoms with Crippen molar-refractivity contribution in [3.05, 3.63) is 0 Å². The lowest BCUT2D eigenvalue weighted by Gasteiger charge is -2.23. The van der Waals surface area contributed by atoms with Crippen molar-refractivity contribution < 1.29 is 4.79 Å². The van der Waals surface area contributed by atoms with Gasteiger partial charge in [-0.3, -0.25) is 4.79 Å². The van der Waals surface area contributed by atoms with Crippen molar-refractivity contribution in [2.45, 2.75) is 61.9 Å². The Balaban J connectivity index is 1.72. The van der Waals surface area contributed by atoms with Gasteiger partial charge < -0.3 is 0 Å². The minimum Gasteiger partial charge on any atom is -0.300 e. The Morgan fingerprint density at radius 1 is 0.923 bits per heavy atom. The number of hydrogen-bond acceptors (Lipinski definition) is 2. The van der Waals surface area contributed by atoms with Crippen LogP contribution in [-0.2, 0) is 4.79 Å². The Morgan fingerprint density at radius 2 is 1.46 bits per heavy atom. The fourth-order valence-electron chi connectivity index (χ4n) is 2.35. The predicted molar refractivity (Wildman–Crippen MR) is 57.1 cm³/mol. The molecule has 0 N–H and O–H groups in total. The van der Waals surface area contributed by atoms with E-state index in [1.807, 2.05) is 0 Å². The molecule has 2 aliphatic carbocycles. The molecule has 2 rings (SSSR count). The molecule has 0 unspecified atom stereocenters. The summed E-state index contributed by atoms with van der Waals surface area (Å²) in [5.41, 5.74) is 0. The molecular weight excluding hydrogens is 180 g/mol. The molecule has 0 radical (unpaired) electrons. The highest BCUT2D eigenvalue weighted by Crippen LogP contribution is 2.36. The van der Waals surface area contributed by atoms with Crippen LogP contribution in [0.3, 0.4) is 0 Å². The van der Waals surface area contributed by atoms with Gasteiger partial charge in [0.05, 0.1) is 0 Å². The lowest BCUT2D eigenvalue weighted by molar-refractivity contribution is -0.120. The maximum Gasteiger partial charge on any atom is 0.132 e. The van der Waals surface area contributed by atoms with Gasteiger partial charge in [0.2, 0.25) is 0 Å². The molecule has 2 fully saturated rings. The molecule has 1 nitrogen and oxygen atoms in total. The average molecular weight is 198 g/mol. The molecule has 13 heavy (non-hydrogen) atoms. The molecular formula is C11H18OS. The largest absolute Gasteiger partial charge is 0.300 e. The van der Waals surface area contributed by atoms with Crippen LogP contribution in [0.5, 0.6) is 0 Å². The zero-order valence-electron chi connectivity index (χ0n) is 8.13. The van der Waals surface area contributed by atoms with Gasteiger partial charge >= 0.3 is 0 Å². The van der Waals surface area contributed by atoms with Gasteiger partial charge in [-0.15, -0.1) is 0 Å². The molecule has 0 aromatic heterocycles. The number of thioether (sulfide) groups is 1. The van der Waals surface area contributed by atoms with Gasteiger partial charge in [-0.05, 0) is 25.7 Å². The fraction of sp³-hybridized carbons (Fsp3) is 0.909. The molecule has 0 bridgehead atoms. The van der Waals surface area contributed by atoms with E-state index >= 15 is 0 Å². The summed E-state index contributed by atoms with van der Waals surface area (Å²) >= 11 is 2.18. The second kappa shape index (κ2) is 4.50. The number of carbonyl (C=O) groups is 1. The van der Waals surface area contributed by atoms with Crippen molar-refractivity contribution in [2.24, 2.45) is 0 Å². The third kappa shape index (κ3) is 2.73. The van der Waals surface area contributed by atoms with Gasteiger partial charge in [0, 0.05) is 23.3 Å². The zero-order chi connectivity index (χ0) is 9.10. The van der Waals surface area contributed by atoms with Crippen LogP contribution in [0.2, 0.25) is 0 Å². The first-order valence-electron chi connectivity index (χ1n) is 5.52. The van der Waals surface area contributed by atoms with E-state index in [1.54, 1.807) is 0 Å². The molecule has 0 saturated heterocycles. The summed E-state index contributed by atoms with van der Waals surface area (Å²) in [6.07, 6.45) is 9.73. The van der Waals surface area contributed by atoms with Crippen molar-refractivity contribution in [2.75, 3.05) is 0 Å². The molecule has 74 valence electrons. The molecule has 0 spiro atoms. The predicted octanol–water partition coefficient (Wildman–Crippen LogP) is 3.17. The van der Waals surface area contributed by atoms with Gasteiger partial charge in [-0.2, -0.15) is 11.8 Å². The van der Waals surface area contributed by atoms with E-state index in [0.29, 0.717) is 5.78 Å². The number of rotatable bonds is 2. The minimum atomic E-state index is 0.489. The first-order valence-corrected chi connectivity index (χ1v) is 6.46. The van der Waals surface area contributed by atoms with Crippen LogP contribution in [0.4, 0.5) is 0 Å². The summed E-state index contributed by atoms with van der Waals surface area (Å²) in [5, 5.41) is 1.74. The normalized spacial score (nSPS) is 26.9. The minimum absolute atomic E-state index is 0.489. The van der Waals surface area contributed by atoms with Crippen LogP contribution in [-0.4, -0.2) is 16.3 Å². The summed E-state index contributed by atoms with van der Waals surface area (Å²) in [7, 11) is 0. The van der Waals surface area contributed by atoms with Crippen LogP contribution in [0.25, 0.3) is 0 Å². The van der Waals surface area contributed by atoms with Crippen molar-refractivity contribution in [3.63, 3.8) is 0 Å². The number of carbonyl (C=O) groups excluding carboxylic acids is 1. The van der Waals surface area contributed by atoms with Gasteiger partial charge in [-0.25, -0.2) is 0 Å². The quantitative estimate of drug-likeness (QED) is 0.678. The second-order valence-corrected chi connectivity index (χ2v) is 5.89. The van der Waals surface area contributed by atoms with Gasteiger partial charge in [0.15, 0.2) is 0 Å². The summed E-state index contributed by atoms with van der Waals surface area (Å²) in [4.78, 5) is 11.0. The lowest BCUT2D eigenvalue weighted by Crippen LogP contribution is -2.17. The van der Waals surface area contributed by atoms with Crippen molar-refractivity contribution in [3.8, 4) is 0 Å². The maximum atomic E-state index is 11.0. The lowest BCUT2D eigenvalue weighted by atomic mass is 9.99. The third-order valence-electron chi connectivity index (χ3n) is 3.18. The van der Waals surface area contributed by atoms with E-state index in [-0.39, 0.29) is 0 Å². The Labute approximate surface area is 84.7 Å². The monoisotopic (exact) mass is 198 g/mol. The summed E-state index contributed by atoms with van der Waals surface area (Å²) < 4.78 is 0. The molecule has 2 aliphatic rings. The second-order valence-electron chi connectivity index (χ2n) is 4.28. The SMILES string of the molecule is O=C1CCC(SC2CCCC2)CC1. The molecule has 0 aliphatic heterocycles. The summed E-state index contributed by atoms with van der Waals surface area (Å²) in [5.74, 6) is 0.489. The van der Waals surface area contributed by atoms with Crippen molar-refractivity contribution >= 4 is 17.5 Å². The first kappa shape index (κ1) is 9.57. The molecule has 0 aromatic carbocycles. The molecule has 0 aromatic rings. The third-order valence-corrected chi connectivity index (χ3v) is 4.89. The highest BCUT2D eigenvalue weighted by Gasteiger charge is 2.24. The molecule has 0 atom stereocenters. The number of hydrogen-bond donors (Lipinski definition) is 0. The molecule has 2 heteroatoms. The summed E-state index contributed by atoms with van der Waals surface area (Å²) in [6.45, 7) is 0. The average Bonchev–Trinajstić information content (AvgIpc) is 2.62. The first-order chi connectivity index (χ1) is 6.34. The number of ketones is 1. The highest BCUT2D eigenvalue weighted by molar-refractivity contribution is 8.00. The molecule has 0 amide bonds. The maximum absolute atomic E-state index is 11.0. The summed E-state index contributed by atoms with van der Waals surface area (Å²) in [6, 6.07) is 0. The molecule has 0 heterocycles. The van der Waals surface area contributed by atoms with Crippen LogP contribution in [0.1, 0.15) is 51.4 Å². The van der Waals surface area contributed by atoms with E-state index < -0.39 is 0 Å². The Kier molecular flexibility index (Phi) is 3.31.